The molecule has 5 heteroatoms. The number of hydrogen-bond donors (Lipinski definition) is 1. The molecule has 1 N–H and O–H groups in total. The monoisotopic (exact) mass is 224 g/mol. The first kappa shape index (κ1) is 12.4. The van der Waals surface area contributed by atoms with Crippen LogP contribution in [0.25, 0.3) is 0 Å². The first-order chi connectivity index (χ1) is 7.50. The summed E-state index contributed by atoms with van der Waals surface area (Å²) in [6.45, 7) is 2.92. The van der Waals surface area contributed by atoms with Gasteiger partial charge in [0.15, 0.2) is 11.4 Å². The second-order valence-corrected chi connectivity index (χ2v) is 3.76. The molecule has 5 nitrogen and oxygen atoms in total. The lowest BCUT2D eigenvalue weighted by Gasteiger charge is -2.12. The lowest BCUT2D eigenvalue weighted by atomic mass is 10.3. The fourth-order valence-electron chi connectivity index (χ4n) is 1.15. The predicted octanol–water partition coefficient (Wildman–Crippen LogP) is 1.03. The van der Waals surface area contributed by atoms with E-state index in [1.807, 2.05) is 19.0 Å². The van der Waals surface area contributed by atoms with Crippen molar-refractivity contribution in [3.05, 3.63) is 23.5 Å². The summed E-state index contributed by atoms with van der Waals surface area (Å²) < 4.78 is 5.38. The van der Waals surface area contributed by atoms with Gasteiger partial charge in [0.05, 0.1) is 0 Å². The third-order valence-electron chi connectivity index (χ3n) is 2.00. The van der Waals surface area contributed by atoms with E-state index in [9.17, 15) is 4.79 Å². The highest BCUT2D eigenvalue weighted by atomic mass is 16.5. The van der Waals surface area contributed by atoms with Crippen molar-refractivity contribution in [3.8, 4) is 5.75 Å². The number of nitrogens with zero attached hydrogens (tertiary/aromatic N) is 2. The minimum absolute atomic E-state index is 0.0289. The third-order valence-corrected chi connectivity index (χ3v) is 2.00. The molecule has 88 valence electrons. The molecule has 1 aromatic rings. The van der Waals surface area contributed by atoms with Crippen molar-refractivity contribution in [1.82, 2.24) is 9.88 Å². The molecule has 0 radical (unpaired) electrons. The van der Waals surface area contributed by atoms with Crippen molar-refractivity contribution in [2.45, 2.75) is 6.92 Å². The fourth-order valence-corrected chi connectivity index (χ4v) is 1.15. The van der Waals surface area contributed by atoms with Gasteiger partial charge in [0.2, 0.25) is 0 Å². The number of carboxylic acid groups (broad SMARTS) is 1. The molecule has 1 heterocycles. The summed E-state index contributed by atoms with van der Waals surface area (Å²) in [5.41, 5.74) is 0.635. The van der Waals surface area contributed by atoms with Crippen molar-refractivity contribution >= 4 is 5.97 Å². The summed E-state index contributed by atoms with van der Waals surface area (Å²) >= 11 is 0. The Kier molecular flexibility index (Phi) is 4.25. The highest BCUT2D eigenvalue weighted by Gasteiger charge is 2.13. The number of aromatic carboxylic acids is 1. The number of hydrogen-bond acceptors (Lipinski definition) is 4. The van der Waals surface area contributed by atoms with Crippen molar-refractivity contribution in [3.63, 3.8) is 0 Å². The Hall–Kier alpha value is -1.62. The SMILES string of the molecule is Cc1ccc(OCCN(C)C)c(C(=O)O)n1. The van der Waals surface area contributed by atoms with Crippen LogP contribution in [0.4, 0.5) is 0 Å². The van der Waals surface area contributed by atoms with Crippen LogP contribution < -0.4 is 4.74 Å². The standard InChI is InChI=1S/C11H16N2O3/c1-8-4-5-9(10(12-8)11(14)15)16-7-6-13(2)3/h4-5H,6-7H2,1-3H3,(H,14,15). The van der Waals surface area contributed by atoms with Gasteiger partial charge in [0.1, 0.15) is 6.61 Å². The third kappa shape index (κ3) is 3.51. The van der Waals surface area contributed by atoms with E-state index in [0.717, 1.165) is 6.54 Å². The van der Waals surface area contributed by atoms with E-state index in [-0.39, 0.29) is 5.69 Å². The van der Waals surface area contributed by atoms with Crippen molar-refractivity contribution < 1.29 is 14.6 Å². The number of aryl methyl sites for hydroxylation is 1. The molecule has 0 saturated heterocycles. The Morgan fingerprint density at radius 1 is 1.50 bits per heavy atom. The Morgan fingerprint density at radius 3 is 2.75 bits per heavy atom. The number of carboxylic acids is 1. The molecule has 0 aromatic carbocycles. The molecule has 1 aromatic heterocycles. The largest absolute Gasteiger partial charge is 0.490 e. The summed E-state index contributed by atoms with van der Waals surface area (Å²) in [6.07, 6.45) is 0. The molecular weight excluding hydrogens is 208 g/mol. The van der Waals surface area contributed by atoms with Crippen LogP contribution in [-0.2, 0) is 0 Å². The molecule has 0 atom stereocenters. The predicted molar refractivity (Wildman–Crippen MR) is 60.0 cm³/mol. The van der Waals surface area contributed by atoms with Gasteiger partial charge >= 0.3 is 5.97 Å². The van der Waals surface area contributed by atoms with E-state index >= 15 is 0 Å². The van der Waals surface area contributed by atoms with Crippen LogP contribution in [0.3, 0.4) is 0 Å². The van der Waals surface area contributed by atoms with Gasteiger partial charge in [0, 0.05) is 12.2 Å². The summed E-state index contributed by atoms with van der Waals surface area (Å²) in [5.74, 6) is -0.747. The number of carbonyl (C=O) groups is 1. The van der Waals surface area contributed by atoms with Crippen LogP contribution in [-0.4, -0.2) is 48.2 Å². The number of aromatic nitrogens is 1. The zero-order chi connectivity index (χ0) is 12.1. The number of ether oxygens (including phenoxy) is 1. The van der Waals surface area contributed by atoms with E-state index in [1.54, 1.807) is 19.1 Å². The van der Waals surface area contributed by atoms with Gasteiger partial charge in [-0.05, 0) is 33.2 Å². The van der Waals surface area contributed by atoms with E-state index < -0.39 is 5.97 Å². The Bertz CT molecular complexity index is 377. The Morgan fingerprint density at radius 2 is 2.19 bits per heavy atom. The van der Waals surface area contributed by atoms with Crippen LogP contribution >= 0.6 is 0 Å². The molecule has 0 saturated carbocycles. The molecule has 0 bridgehead atoms. The van der Waals surface area contributed by atoms with Gasteiger partial charge in [-0.15, -0.1) is 0 Å². The molecule has 0 unspecified atom stereocenters. The summed E-state index contributed by atoms with van der Waals surface area (Å²) in [7, 11) is 3.85. The number of likely N-dealkylation sites (N-methyl/N-ethyl adjacent to an activating group) is 1. The summed E-state index contributed by atoms with van der Waals surface area (Å²) in [6, 6.07) is 3.37. The van der Waals surface area contributed by atoms with E-state index in [1.165, 1.54) is 0 Å². The van der Waals surface area contributed by atoms with Crippen LogP contribution in [0.5, 0.6) is 5.75 Å². The molecular formula is C11H16N2O3. The highest BCUT2D eigenvalue weighted by Crippen LogP contribution is 2.16. The van der Waals surface area contributed by atoms with E-state index in [0.29, 0.717) is 18.1 Å². The van der Waals surface area contributed by atoms with Crippen LogP contribution in [0, 0.1) is 6.92 Å². The second-order valence-electron chi connectivity index (χ2n) is 3.76. The van der Waals surface area contributed by atoms with Gasteiger partial charge in [-0.3, -0.25) is 0 Å². The molecule has 0 aliphatic heterocycles. The quantitative estimate of drug-likeness (QED) is 0.809. The Labute approximate surface area is 94.7 Å². The van der Waals surface area contributed by atoms with E-state index in [2.05, 4.69) is 4.98 Å². The maximum absolute atomic E-state index is 10.9. The molecule has 0 amide bonds. The van der Waals surface area contributed by atoms with Gasteiger partial charge in [-0.25, -0.2) is 9.78 Å². The van der Waals surface area contributed by atoms with E-state index in [4.69, 9.17) is 9.84 Å². The highest BCUT2D eigenvalue weighted by molar-refractivity contribution is 5.88. The minimum Gasteiger partial charge on any atom is -0.490 e. The zero-order valence-corrected chi connectivity index (χ0v) is 9.73. The molecule has 0 aliphatic carbocycles. The minimum atomic E-state index is -1.07. The summed E-state index contributed by atoms with van der Waals surface area (Å²) in [4.78, 5) is 16.8. The lowest BCUT2D eigenvalue weighted by Crippen LogP contribution is -2.20. The molecule has 0 aliphatic rings. The number of pyridine rings is 1. The summed E-state index contributed by atoms with van der Waals surface area (Å²) in [5, 5.41) is 8.95. The fraction of sp³-hybridized carbons (Fsp3) is 0.455. The molecule has 0 spiro atoms. The van der Waals surface area contributed by atoms with Crippen molar-refractivity contribution in [1.29, 1.82) is 0 Å². The van der Waals surface area contributed by atoms with Crippen molar-refractivity contribution in [2.24, 2.45) is 0 Å². The van der Waals surface area contributed by atoms with Gasteiger partial charge in [-0.2, -0.15) is 0 Å². The second kappa shape index (κ2) is 5.46. The van der Waals surface area contributed by atoms with Crippen LogP contribution in [0.1, 0.15) is 16.2 Å². The van der Waals surface area contributed by atoms with Crippen molar-refractivity contribution in [2.75, 3.05) is 27.2 Å². The molecule has 0 fully saturated rings. The lowest BCUT2D eigenvalue weighted by molar-refractivity contribution is 0.0684. The average Bonchev–Trinajstić information content (AvgIpc) is 2.19. The molecule has 16 heavy (non-hydrogen) atoms. The van der Waals surface area contributed by atoms with Crippen LogP contribution in [0.2, 0.25) is 0 Å². The van der Waals surface area contributed by atoms with Gasteiger partial charge in [0.25, 0.3) is 0 Å². The number of rotatable bonds is 5. The maximum Gasteiger partial charge on any atom is 0.358 e. The zero-order valence-electron chi connectivity index (χ0n) is 9.73. The van der Waals surface area contributed by atoms with Crippen LogP contribution in [0.15, 0.2) is 12.1 Å². The first-order valence-corrected chi connectivity index (χ1v) is 4.99. The van der Waals surface area contributed by atoms with Gasteiger partial charge in [-0.1, -0.05) is 0 Å². The van der Waals surface area contributed by atoms with Gasteiger partial charge < -0.3 is 14.7 Å². The smallest absolute Gasteiger partial charge is 0.358 e. The Balaban J connectivity index is 2.75. The first-order valence-electron chi connectivity index (χ1n) is 4.99. The maximum atomic E-state index is 10.9. The average molecular weight is 224 g/mol. The normalized spacial score (nSPS) is 10.5. The molecule has 1 rings (SSSR count). The topological polar surface area (TPSA) is 62.7 Å².